The summed E-state index contributed by atoms with van der Waals surface area (Å²) in [4.78, 5) is 33.5. The highest BCUT2D eigenvalue weighted by Gasteiger charge is 2.20. The number of rotatable bonds is 11. The van der Waals surface area contributed by atoms with Crippen molar-refractivity contribution >= 4 is 17.0 Å². The van der Waals surface area contributed by atoms with Crippen molar-refractivity contribution in [1.29, 1.82) is 0 Å². The Hall–Kier alpha value is -7.45. The summed E-state index contributed by atoms with van der Waals surface area (Å²) in [5.74, 6) is 0. The third-order valence-corrected chi connectivity index (χ3v) is 8.79. The molecule has 7 aromatic rings. The summed E-state index contributed by atoms with van der Waals surface area (Å²) in [5, 5.41) is 0. The third kappa shape index (κ3) is 8.29. The smallest absolute Gasteiger partial charge is 0.0893 e. The Morgan fingerprint density at radius 2 is 1.09 bits per heavy atom. The molecule has 0 saturated heterocycles. The zero-order valence-corrected chi connectivity index (χ0v) is 30.6. The Balaban J connectivity index is 1.47. The number of pyridine rings is 6. The Bertz CT molecular complexity index is 2570. The molecule has 0 aliphatic carbocycles. The Labute approximate surface area is 321 Å². The van der Waals surface area contributed by atoms with Gasteiger partial charge in [0.1, 0.15) is 0 Å². The Morgan fingerprint density at radius 3 is 1.67 bits per heavy atom. The minimum Gasteiger partial charge on any atom is -0.398 e. The highest BCUT2D eigenvalue weighted by molar-refractivity contribution is 6.07. The van der Waals surface area contributed by atoms with Gasteiger partial charge < -0.3 is 5.73 Å². The Morgan fingerprint density at radius 1 is 0.564 bits per heavy atom. The SMILES string of the molecule is C=C(/C=C\C=C(/N)c1cc(-c2cccc(-c3ccccn3)n2)c(-c2cccc(C(/C=C\C)=NC)n2)cc1-c1cccc(-c2ccccn2)n1)c1ccccn1. The van der Waals surface area contributed by atoms with Crippen LogP contribution in [0.3, 0.4) is 0 Å². The fourth-order valence-electron chi connectivity index (χ4n) is 6.11. The second-order valence-electron chi connectivity index (χ2n) is 12.4. The van der Waals surface area contributed by atoms with Crippen molar-refractivity contribution in [2.45, 2.75) is 6.92 Å². The van der Waals surface area contributed by atoms with Crippen LogP contribution in [0.5, 0.6) is 0 Å². The molecule has 0 fully saturated rings. The van der Waals surface area contributed by atoms with Gasteiger partial charge in [-0.05, 0) is 110 Å². The van der Waals surface area contributed by atoms with Gasteiger partial charge in [0.05, 0.1) is 57.0 Å². The third-order valence-electron chi connectivity index (χ3n) is 8.79. The van der Waals surface area contributed by atoms with E-state index < -0.39 is 0 Å². The van der Waals surface area contributed by atoms with Crippen LogP contribution in [0.4, 0.5) is 0 Å². The molecule has 0 unspecified atom stereocenters. The van der Waals surface area contributed by atoms with Gasteiger partial charge in [0.25, 0.3) is 0 Å². The first-order chi connectivity index (χ1) is 27.0. The number of allylic oxidation sites excluding steroid dienone is 6. The van der Waals surface area contributed by atoms with E-state index in [1.54, 1.807) is 25.6 Å². The lowest BCUT2D eigenvalue weighted by molar-refractivity contribution is 1.23. The van der Waals surface area contributed by atoms with Gasteiger partial charge in [-0.1, -0.05) is 61.2 Å². The fourth-order valence-corrected chi connectivity index (χ4v) is 6.11. The summed E-state index contributed by atoms with van der Waals surface area (Å²) < 4.78 is 0. The summed E-state index contributed by atoms with van der Waals surface area (Å²) in [7, 11) is 1.77. The number of nitrogens with zero attached hydrogens (tertiary/aromatic N) is 7. The molecule has 8 heteroatoms. The van der Waals surface area contributed by atoms with Crippen LogP contribution in [0.1, 0.15) is 23.9 Å². The van der Waals surface area contributed by atoms with Crippen LogP contribution in [0, 0.1) is 0 Å². The van der Waals surface area contributed by atoms with Crippen molar-refractivity contribution in [2.24, 2.45) is 10.7 Å². The lowest BCUT2D eigenvalue weighted by atomic mass is 9.90. The van der Waals surface area contributed by atoms with E-state index in [2.05, 4.69) is 38.7 Å². The van der Waals surface area contributed by atoms with Crippen molar-refractivity contribution in [3.05, 3.63) is 194 Å². The van der Waals surface area contributed by atoms with E-state index in [-0.39, 0.29) is 0 Å². The number of nitrogens with two attached hydrogens (primary N) is 1. The van der Waals surface area contributed by atoms with Crippen molar-refractivity contribution in [2.75, 3.05) is 7.05 Å². The second kappa shape index (κ2) is 16.9. The summed E-state index contributed by atoms with van der Waals surface area (Å²) in [6, 6.07) is 39.3. The molecule has 6 heterocycles. The molecule has 2 N–H and O–H groups in total. The standard InChI is InChI=1S/C47H38N8/c1-4-15-42(49-3)45-24-12-22-41(53-45)36-31-34(39-21-13-25-46(54-39)43-19-6-9-28-51-43)33(37(48)17-11-16-32(2)38-18-5-8-27-50-38)30-35(36)40-23-14-26-47(55-40)44-20-7-10-29-52-44/h4-31H,2,48H2,1,3H3/b15-4-,16-11-,37-17-,49-42?. The predicted octanol–water partition coefficient (Wildman–Crippen LogP) is 9.96. The van der Waals surface area contributed by atoms with E-state index in [0.717, 1.165) is 84.8 Å². The van der Waals surface area contributed by atoms with Crippen LogP contribution in [0.2, 0.25) is 0 Å². The molecule has 266 valence electrons. The van der Waals surface area contributed by atoms with Crippen molar-refractivity contribution in [3.8, 4) is 56.5 Å². The van der Waals surface area contributed by atoms with Crippen LogP contribution in [0.25, 0.3) is 67.8 Å². The lowest BCUT2D eigenvalue weighted by Crippen LogP contribution is -2.05. The Kier molecular flexibility index (Phi) is 11.1. The largest absolute Gasteiger partial charge is 0.398 e. The van der Waals surface area contributed by atoms with Crippen molar-refractivity contribution in [3.63, 3.8) is 0 Å². The van der Waals surface area contributed by atoms with Crippen molar-refractivity contribution in [1.82, 2.24) is 29.9 Å². The maximum atomic E-state index is 7.03. The molecule has 55 heavy (non-hydrogen) atoms. The molecule has 0 aliphatic heterocycles. The number of hydrogen-bond donors (Lipinski definition) is 1. The quantitative estimate of drug-likeness (QED) is 0.105. The molecule has 0 atom stereocenters. The molecule has 0 amide bonds. The van der Waals surface area contributed by atoms with E-state index >= 15 is 0 Å². The fraction of sp³-hybridized carbons (Fsp3) is 0.0426. The zero-order valence-electron chi connectivity index (χ0n) is 30.6. The van der Waals surface area contributed by atoms with Crippen molar-refractivity contribution < 1.29 is 0 Å². The summed E-state index contributed by atoms with van der Waals surface area (Å²) in [6.07, 6.45) is 14.8. The molecule has 0 saturated carbocycles. The van der Waals surface area contributed by atoms with Gasteiger partial charge in [-0.2, -0.15) is 0 Å². The van der Waals surface area contributed by atoms with Crippen LogP contribution in [-0.2, 0) is 0 Å². The highest BCUT2D eigenvalue weighted by atomic mass is 14.8. The number of aliphatic imine (C=N–C) groups is 1. The lowest BCUT2D eigenvalue weighted by Gasteiger charge is -2.18. The molecular weight excluding hydrogens is 677 g/mol. The highest BCUT2D eigenvalue weighted by Crippen LogP contribution is 2.39. The van der Waals surface area contributed by atoms with Crippen LogP contribution >= 0.6 is 0 Å². The molecule has 0 radical (unpaired) electrons. The molecule has 7 rings (SSSR count). The predicted molar refractivity (Wildman–Crippen MR) is 224 cm³/mol. The van der Waals surface area contributed by atoms with E-state index in [4.69, 9.17) is 20.7 Å². The molecule has 0 aliphatic rings. The maximum absolute atomic E-state index is 7.03. The number of hydrogen-bond acceptors (Lipinski definition) is 8. The normalized spacial score (nSPS) is 12.0. The van der Waals surface area contributed by atoms with E-state index in [1.807, 2.05) is 146 Å². The molecular formula is C47H38N8. The average Bonchev–Trinajstić information content (AvgIpc) is 3.26. The van der Waals surface area contributed by atoms with E-state index in [1.165, 1.54) is 0 Å². The number of benzene rings is 1. The van der Waals surface area contributed by atoms with Gasteiger partial charge in [0, 0.05) is 53.6 Å². The first kappa shape index (κ1) is 35.9. The first-order valence-corrected chi connectivity index (χ1v) is 17.8. The molecule has 8 nitrogen and oxygen atoms in total. The molecule has 6 aromatic heterocycles. The van der Waals surface area contributed by atoms with Gasteiger partial charge in [0.15, 0.2) is 0 Å². The summed E-state index contributed by atoms with van der Waals surface area (Å²) >= 11 is 0. The molecule has 0 spiro atoms. The summed E-state index contributed by atoms with van der Waals surface area (Å²) in [6.45, 7) is 6.16. The van der Waals surface area contributed by atoms with Gasteiger partial charge >= 0.3 is 0 Å². The van der Waals surface area contributed by atoms with Gasteiger partial charge in [-0.25, -0.2) is 15.0 Å². The van der Waals surface area contributed by atoms with Crippen LogP contribution < -0.4 is 5.73 Å². The van der Waals surface area contributed by atoms with E-state index in [9.17, 15) is 0 Å². The van der Waals surface area contributed by atoms with Crippen LogP contribution in [0.15, 0.2) is 182 Å². The topological polar surface area (TPSA) is 116 Å². The summed E-state index contributed by atoms with van der Waals surface area (Å²) in [5.41, 5.74) is 19.1. The van der Waals surface area contributed by atoms with Crippen LogP contribution in [-0.4, -0.2) is 42.7 Å². The monoisotopic (exact) mass is 714 g/mol. The van der Waals surface area contributed by atoms with Gasteiger partial charge in [0.2, 0.25) is 0 Å². The number of aromatic nitrogens is 6. The van der Waals surface area contributed by atoms with E-state index in [0.29, 0.717) is 5.70 Å². The minimum absolute atomic E-state index is 0.522. The van der Waals surface area contributed by atoms with Gasteiger partial charge in [-0.3, -0.25) is 19.9 Å². The average molecular weight is 715 g/mol. The minimum atomic E-state index is 0.522. The molecule has 1 aromatic carbocycles. The molecule has 0 bridgehead atoms. The second-order valence-corrected chi connectivity index (χ2v) is 12.4. The first-order valence-electron chi connectivity index (χ1n) is 17.8. The zero-order chi connectivity index (χ0) is 38.0. The van der Waals surface area contributed by atoms with Gasteiger partial charge in [-0.15, -0.1) is 0 Å². The maximum Gasteiger partial charge on any atom is 0.0893 e.